The van der Waals surface area contributed by atoms with Gasteiger partial charge in [0.1, 0.15) is 0 Å². The monoisotopic (exact) mass is 277 g/mol. The topological polar surface area (TPSA) is 20.3 Å². The Labute approximate surface area is 86.8 Å². The van der Waals surface area contributed by atoms with Gasteiger partial charge >= 0.3 is 0 Å². The first-order chi connectivity index (χ1) is 5.63. The quantitative estimate of drug-likeness (QED) is 0.428. The van der Waals surface area contributed by atoms with Crippen LogP contribution in [-0.2, 0) is 4.79 Å². The summed E-state index contributed by atoms with van der Waals surface area (Å²) in [7, 11) is 0. The fourth-order valence-corrected chi connectivity index (χ4v) is 1.06. The molecule has 0 heterocycles. The fraction of sp³-hybridized carbons (Fsp3) is 0.222. The molecule has 0 unspecified atom stereocenters. The van der Waals surface area contributed by atoms with E-state index in [9.17, 15) is 4.79 Å². The predicted octanol–water partition coefficient (Wildman–Crippen LogP) is 2.14. The van der Waals surface area contributed by atoms with Crippen LogP contribution in [0.4, 0.5) is 0 Å². The lowest BCUT2D eigenvalue weighted by Gasteiger charge is -2.18. The molecule has 0 N–H and O–H groups in total. The summed E-state index contributed by atoms with van der Waals surface area (Å²) in [6, 6.07) is 0. The van der Waals surface area contributed by atoms with Crippen molar-refractivity contribution in [3.8, 4) is 0 Å². The van der Waals surface area contributed by atoms with Crippen molar-refractivity contribution in [2.75, 3.05) is 13.1 Å². The van der Waals surface area contributed by atoms with Crippen LogP contribution < -0.4 is 0 Å². The number of carbonyl (C=O) groups is 1. The van der Waals surface area contributed by atoms with E-state index in [1.165, 1.54) is 0 Å². The maximum Gasteiger partial charge on any atom is 0.259 e. The van der Waals surface area contributed by atoms with Crippen LogP contribution in [0.25, 0.3) is 0 Å². The van der Waals surface area contributed by atoms with Crippen molar-refractivity contribution in [3.05, 3.63) is 35.5 Å². The average molecular weight is 277 g/mol. The highest BCUT2D eigenvalue weighted by Crippen LogP contribution is 2.07. The molecule has 1 amide bonds. The van der Waals surface area contributed by atoms with Crippen LogP contribution in [0.15, 0.2) is 35.5 Å². The molecule has 0 saturated carbocycles. The van der Waals surface area contributed by atoms with Gasteiger partial charge in [0.15, 0.2) is 0 Å². The number of rotatable bonds is 5. The molecule has 12 heavy (non-hydrogen) atoms. The zero-order valence-electron chi connectivity index (χ0n) is 6.92. The maximum atomic E-state index is 11.3. The Morgan fingerprint density at radius 1 is 1.33 bits per heavy atom. The van der Waals surface area contributed by atoms with Crippen LogP contribution in [0.3, 0.4) is 0 Å². The number of hydrogen-bond donors (Lipinski definition) is 0. The third kappa shape index (κ3) is 3.71. The normalized spacial score (nSPS) is 8.75. The molecule has 0 fully saturated rings. The van der Waals surface area contributed by atoms with E-state index < -0.39 is 0 Å². The molecule has 0 radical (unpaired) electrons. The maximum absolute atomic E-state index is 11.3. The van der Waals surface area contributed by atoms with E-state index in [1.807, 2.05) is 22.6 Å². The van der Waals surface area contributed by atoms with Gasteiger partial charge in [-0.15, -0.1) is 13.2 Å². The van der Waals surface area contributed by atoms with Crippen molar-refractivity contribution in [1.82, 2.24) is 4.90 Å². The van der Waals surface area contributed by atoms with Crippen LogP contribution in [0.2, 0.25) is 0 Å². The Balaban J connectivity index is 4.26. The summed E-state index contributed by atoms with van der Waals surface area (Å²) < 4.78 is 0.510. The van der Waals surface area contributed by atoms with E-state index in [4.69, 9.17) is 0 Å². The van der Waals surface area contributed by atoms with Gasteiger partial charge in [0.05, 0.1) is 3.58 Å². The molecule has 0 saturated heterocycles. The second-order valence-electron chi connectivity index (χ2n) is 2.19. The summed E-state index contributed by atoms with van der Waals surface area (Å²) in [5.41, 5.74) is 0. The van der Waals surface area contributed by atoms with Gasteiger partial charge in [-0.05, 0) is 22.6 Å². The second-order valence-corrected chi connectivity index (χ2v) is 3.49. The Morgan fingerprint density at radius 2 is 1.75 bits per heavy atom. The van der Waals surface area contributed by atoms with Gasteiger partial charge in [0.25, 0.3) is 5.91 Å². The molecule has 0 aromatic heterocycles. The highest BCUT2D eigenvalue weighted by molar-refractivity contribution is 14.1. The number of hydrogen-bond acceptors (Lipinski definition) is 1. The summed E-state index contributed by atoms with van der Waals surface area (Å²) in [5, 5.41) is 0. The zero-order valence-corrected chi connectivity index (χ0v) is 9.08. The smallest absolute Gasteiger partial charge is 0.259 e. The predicted molar refractivity (Wildman–Crippen MR) is 60.1 cm³/mol. The Bertz CT molecular complexity index is 201. The summed E-state index contributed by atoms with van der Waals surface area (Å²) in [6.45, 7) is 11.8. The molecule has 0 bridgehead atoms. The van der Waals surface area contributed by atoms with Gasteiger partial charge in [-0.2, -0.15) is 0 Å². The van der Waals surface area contributed by atoms with E-state index in [2.05, 4.69) is 19.7 Å². The number of halogens is 1. The van der Waals surface area contributed by atoms with E-state index in [1.54, 1.807) is 17.1 Å². The number of carbonyl (C=O) groups excluding carboxylic acids is 1. The number of nitrogens with zero attached hydrogens (tertiary/aromatic N) is 1. The van der Waals surface area contributed by atoms with Crippen LogP contribution >= 0.6 is 22.6 Å². The molecule has 2 nitrogen and oxygen atoms in total. The van der Waals surface area contributed by atoms with Crippen LogP contribution in [-0.4, -0.2) is 23.9 Å². The van der Waals surface area contributed by atoms with E-state index >= 15 is 0 Å². The molecular formula is C9H12INO. The van der Waals surface area contributed by atoms with E-state index in [0.29, 0.717) is 16.7 Å². The molecule has 0 aliphatic rings. The minimum Gasteiger partial charge on any atom is -0.331 e. The molecule has 3 heteroatoms. The van der Waals surface area contributed by atoms with Crippen molar-refractivity contribution in [2.45, 2.75) is 0 Å². The third-order valence-electron chi connectivity index (χ3n) is 1.22. The third-order valence-corrected chi connectivity index (χ3v) is 1.68. The van der Waals surface area contributed by atoms with Gasteiger partial charge in [0, 0.05) is 13.1 Å². The van der Waals surface area contributed by atoms with Gasteiger partial charge in [-0.25, -0.2) is 0 Å². The van der Waals surface area contributed by atoms with E-state index in [0.717, 1.165) is 0 Å². The van der Waals surface area contributed by atoms with Gasteiger partial charge in [0.2, 0.25) is 0 Å². The summed E-state index contributed by atoms with van der Waals surface area (Å²) in [4.78, 5) is 13.0. The van der Waals surface area contributed by atoms with Gasteiger partial charge in [-0.1, -0.05) is 18.7 Å². The van der Waals surface area contributed by atoms with Crippen molar-refractivity contribution < 1.29 is 4.79 Å². The molecule has 0 aliphatic carbocycles. The molecule has 0 spiro atoms. The largest absolute Gasteiger partial charge is 0.331 e. The van der Waals surface area contributed by atoms with Crippen LogP contribution in [0, 0.1) is 0 Å². The highest BCUT2D eigenvalue weighted by Gasteiger charge is 2.11. The average Bonchev–Trinajstić information content (AvgIpc) is 2.03. The number of amides is 1. The van der Waals surface area contributed by atoms with Gasteiger partial charge in [-0.3, -0.25) is 4.79 Å². The minimum absolute atomic E-state index is 0.0598. The molecule has 0 aromatic rings. The molecule has 0 aromatic carbocycles. The lowest BCUT2D eigenvalue weighted by Crippen LogP contribution is -2.30. The summed E-state index contributed by atoms with van der Waals surface area (Å²) in [6.07, 6.45) is 3.36. The Kier molecular flexibility index (Phi) is 5.70. The standard InChI is InChI=1S/C9H12INO/c1-4-6-11(7-5-2)9(12)8(3)10/h4-5H,1-3,6-7H2. The Morgan fingerprint density at radius 3 is 2.00 bits per heavy atom. The van der Waals surface area contributed by atoms with Crippen molar-refractivity contribution in [2.24, 2.45) is 0 Å². The summed E-state index contributed by atoms with van der Waals surface area (Å²) in [5.74, 6) is -0.0598. The Hall–Kier alpha value is -0.580. The van der Waals surface area contributed by atoms with Crippen LogP contribution in [0.5, 0.6) is 0 Å². The SMILES string of the molecule is C=CCN(CC=C)C(=O)C(=C)I. The molecule has 0 aliphatic heterocycles. The second kappa shape index (κ2) is 5.99. The molecular weight excluding hydrogens is 265 g/mol. The van der Waals surface area contributed by atoms with Crippen molar-refractivity contribution in [3.63, 3.8) is 0 Å². The van der Waals surface area contributed by atoms with Crippen molar-refractivity contribution in [1.29, 1.82) is 0 Å². The molecule has 66 valence electrons. The first kappa shape index (κ1) is 11.4. The van der Waals surface area contributed by atoms with Crippen molar-refractivity contribution >= 4 is 28.5 Å². The van der Waals surface area contributed by atoms with E-state index in [-0.39, 0.29) is 5.91 Å². The lowest BCUT2D eigenvalue weighted by molar-refractivity contribution is -0.125. The molecule has 0 rings (SSSR count). The fourth-order valence-electron chi connectivity index (χ4n) is 0.724. The first-order valence-corrected chi connectivity index (χ1v) is 4.56. The zero-order chi connectivity index (χ0) is 9.56. The van der Waals surface area contributed by atoms with Crippen LogP contribution in [0.1, 0.15) is 0 Å². The highest BCUT2D eigenvalue weighted by atomic mass is 127. The first-order valence-electron chi connectivity index (χ1n) is 3.49. The van der Waals surface area contributed by atoms with Gasteiger partial charge < -0.3 is 4.90 Å². The minimum atomic E-state index is -0.0598. The summed E-state index contributed by atoms with van der Waals surface area (Å²) >= 11 is 1.91. The lowest BCUT2D eigenvalue weighted by atomic mass is 10.4. The molecule has 0 atom stereocenters.